The summed E-state index contributed by atoms with van der Waals surface area (Å²) in [6.07, 6.45) is -4.03. The summed E-state index contributed by atoms with van der Waals surface area (Å²) in [4.78, 5) is 17.7. The van der Waals surface area contributed by atoms with E-state index in [0.29, 0.717) is 17.6 Å². The molecule has 0 aliphatic carbocycles. The molecule has 2 N–H and O–H groups in total. The van der Waals surface area contributed by atoms with Gasteiger partial charge in [0.2, 0.25) is 5.95 Å². The molecule has 0 bridgehead atoms. The zero-order valence-electron chi connectivity index (χ0n) is 14.9. The van der Waals surface area contributed by atoms with Crippen molar-refractivity contribution in [3.8, 4) is 5.75 Å². The van der Waals surface area contributed by atoms with E-state index in [2.05, 4.69) is 20.6 Å². The summed E-state index contributed by atoms with van der Waals surface area (Å²) in [6.45, 7) is 0. The van der Waals surface area contributed by atoms with Gasteiger partial charge in [0.1, 0.15) is 17.1 Å². The zero-order chi connectivity index (χ0) is 21.0. The normalized spacial score (nSPS) is 11.0. The van der Waals surface area contributed by atoms with Crippen LogP contribution in [0.15, 0.2) is 54.7 Å². The summed E-state index contributed by atoms with van der Waals surface area (Å²) in [5.41, 5.74) is -0.505. The number of alkyl halides is 3. The van der Waals surface area contributed by atoms with Gasteiger partial charge in [-0.05, 0) is 36.4 Å². The van der Waals surface area contributed by atoms with Crippen LogP contribution < -0.4 is 15.4 Å². The van der Waals surface area contributed by atoms with Crippen LogP contribution in [0.2, 0.25) is 0 Å². The zero-order valence-corrected chi connectivity index (χ0v) is 14.9. The highest BCUT2D eigenvalue weighted by molar-refractivity contribution is 5.64. The quantitative estimate of drug-likeness (QED) is 0.444. The molecule has 0 unspecified atom stereocenters. The molecule has 3 aromatic rings. The summed E-state index contributed by atoms with van der Waals surface area (Å²) < 4.78 is 45.0. The van der Waals surface area contributed by atoms with Gasteiger partial charge in [0.15, 0.2) is 0 Å². The number of ether oxygens (including phenoxy) is 1. The van der Waals surface area contributed by atoms with E-state index in [1.54, 1.807) is 24.3 Å². The first-order valence-electron chi connectivity index (χ1n) is 8.13. The number of non-ortho nitro benzene ring substituents is 1. The van der Waals surface area contributed by atoms with E-state index in [1.807, 2.05) is 0 Å². The third kappa shape index (κ3) is 4.89. The number of anilines is 4. The summed E-state index contributed by atoms with van der Waals surface area (Å²) in [6, 6.07) is 11.6. The number of nitro groups is 1. The van der Waals surface area contributed by atoms with Gasteiger partial charge in [-0.1, -0.05) is 0 Å². The molecule has 0 radical (unpaired) electrons. The van der Waals surface area contributed by atoms with E-state index in [-0.39, 0.29) is 17.3 Å². The summed E-state index contributed by atoms with van der Waals surface area (Å²) in [5.74, 6) is 0.0642. The number of aromatic nitrogens is 2. The number of methoxy groups -OCH3 is 1. The largest absolute Gasteiger partial charge is 0.497 e. The number of benzene rings is 2. The lowest BCUT2D eigenvalue weighted by molar-refractivity contribution is -0.384. The minimum absolute atomic E-state index is 0.0624. The maximum absolute atomic E-state index is 13.3. The lowest BCUT2D eigenvalue weighted by Crippen LogP contribution is -2.12. The number of nitrogens with zero attached hydrogens (tertiary/aromatic N) is 3. The average Bonchev–Trinajstić information content (AvgIpc) is 2.68. The highest BCUT2D eigenvalue weighted by Crippen LogP contribution is 2.35. The molecule has 0 aliphatic rings. The smallest absolute Gasteiger partial charge is 0.421 e. The molecule has 150 valence electrons. The highest BCUT2D eigenvalue weighted by atomic mass is 19.4. The van der Waals surface area contributed by atoms with Crippen molar-refractivity contribution in [2.24, 2.45) is 0 Å². The molecule has 1 aromatic heterocycles. The Morgan fingerprint density at radius 2 is 1.59 bits per heavy atom. The van der Waals surface area contributed by atoms with Gasteiger partial charge >= 0.3 is 6.18 Å². The Morgan fingerprint density at radius 3 is 2.14 bits per heavy atom. The second-order valence-corrected chi connectivity index (χ2v) is 5.74. The predicted molar refractivity (Wildman–Crippen MR) is 99.7 cm³/mol. The topological polar surface area (TPSA) is 102 Å². The molecule has 2 aromatic carbocycles. The standard InChI is InChI=1S/C18H14F3N5O3/c1-29-14-8-4-12(5-9-14)24-17-22-10-15(18(19,20)21)16(25-17)23-11-2-6-13(7-3-11)26(27)28/h2-10H,1H3,(H2,22,23,24,25). The van der Waals surface area contributed by atoms with Crippen molar-refractivity contribution in [1.29, 1.82) is 0 Å². The van der Waals surface area contributed by atoms with Gasteiger partial charge in [-0.3, -0.25) is 10.1 Å². The maximum atomic E-state index is 13.3. The molecule has 11 heteroatoms. The molecular formula is C18H14F3N5O3. The number of nitro benzene ring substituents is 1. The number of hydrogen-bond acceptors (Lipinski definition) is 7. The van der Waals surface area contributed by atoms with Crippen LogP contribution in [0.3, 0.4) is 0 Å². The molecule has 0 aliphatic heterocycles. The predicted octanol–water partition coefficient (Wildman–Crippen LogP) is 4.90. The Morgan fingerprint density at radius 1 is 1.00 bits per heavy atom. The van der Waals surface area contributed by atoms with Crippen molar-refractivity contribution in [3.05, 3.63) is 70.4 Å². The maximum Gasteiger partial charge on any atom is 0.421 e. The first-order valence-corrected chi connectivity index (χ1v) is 8.13. The molecule has 0 saturated carbocycles. The fourth-order valence-electron chi connectivity index (χ4n) is 2.35. The van der Waals surface area contributed by atoms with Crippen LogP contribution >= 0.6 is 0 Å². The van der Waals surface area contributed by atoms with Crippen LogP contribution in [-0.2, 0) is 6.18 Å². The van der Waals surface area contributed by atoms with E-state index in [1.165, 1.54) is 31.4 Å². The molecule has 8 nitrogen and oxygen atoms in total. The van der Waals surface area contributed by atoms with E-state index in [9.17, 15) is 23.3 Å². The van der Waals surface area contributed by atoms with Gasteiger partial charge in [-0.25, -0.2) is 4.98 Å². The molecule has 0 spiro atoms. The second kappa shape index (κ2) is 8.00. The monoisotopic (exact) mass is 405 g/mol. The fraction of sp³-hybridized carbons (Fsp3) is 0.111. The van der Waals surface area contributed by atoms with Gasteiger partial charge in [0.25, 0.3) is 5.69 Å². The van der Waals surface area contributed by atoms with Crippen LogP contribution in [0.4, 0.5) is 42.0 Å². The lowest BCUT2D eigenvalue weighted by Gasteiger charge is -2.15. The van der Waals surface area contributed by atoms with Gasteiger partial charge in [-0.15, -0.1) is 0 Å². The van der Waals surface area contributed by atoms with Crippen molar-refractivity contribution >= 4 is 28.8 Å². The minimum atomic E-state index is -4.69. The first kappa shape index (κ1) is 19.9. The van der Waals surface area contributed by atoms with Gasteiger partial charge in [0.05, 0.1) is 12.0 Å². The van der Waals surface area contributed by atoms with Gasteiger partial charge in [0, 0.05) is 29.7 Å². The van der Waals surface area contributed by atoms with Crippen molar-refractivity contribution < 1.29 is 22.8 Å². The molecule has 29 heavy (non-hydrogen) atoms. The average molecular weight is 405 g/mol. The van der Waals surface area contributed by atoms with Crippen LogP contribution in [0, 0.1) is 10.1 Å². The van der Waals surface area contributed by atoms with E-state index in [4.69, 9.17) is 4.74 Å². The number of halogens is 3. The molecular weight excluding hydrogens is 391 g/mol. The Labute approximate surface area is 162 Å². The lowest BCUT2D eigenvalue weighted by atomic mass is 10.2. The van der Waals surface area contributed by atoms with Crippen LogP contribution in [0.5, 0.6) is 5.75 Å². The molecule has 0 fully saturated rings. The SMILES string of the molecule is COc1ccc(Nc2ncc(C(F)(F)F)c(Nc3ccc([N+](=O)[O-])cc3)n2)cc1. The number of rotatable bonds is 6. The summed E-state index contributed by atoms with van der Waals surface area (Å²) in [5, 5.41) is 16.1. The van der Waals surface area contributed by atoms with E-state index < -0.39 is 22.5 Å². The Hall–Kier alpha value is -3.89. The summed E-state index contributed by atoms with van der Waals surface area (Å²) >= 11 is 0. The van der Waals surface area contributed by atoms with Crippen LogP contribution in [-0.4, -0.2) is 22.0 Å². The second-order valence-electron chi connectivity index (χ2n) is 5.74. The highest BCUT2D eigenvalue weighted by Gasteiger charge is 2.35. The minimum Gasteiger partial charge on any atom is -0.497 e. The third-order valence-electron chi connectivity index (χ3n) is 3.78. The van der Waals surface area contributed by atoms with E-state index in [0.717, 1.165) is 0 Å². The summed E-state index contributed by atoms with van der Waals surface area (Å²) in [7, 11) is 1.51. The van der Waals surface area contributed by atoms with Crippen molar-refractivity contribution in [2.45, 2.75) is 6.18 Å². The Balaban J connectivity index is 1.89. The number of hydrogen-bond donors (Lipinski definition) is 2. The number of nitrogens with one attached hydrogen (secondary N) is 2. The third-order valence-corrected chi connectivity index (χ3v) is 3.78. The van der Waals surface area contributed by atoms with Crippen LogP contribution in [0.1, 0.15) is 5.56 Å². The van der Waals surface area contributed by atoms with Gasteiger partial charge < -0.3 is 15.4 Å². The van der Waals surface area contributed by atoms with Crippen LogP contribution in [0.25, 0.3) is 0 Å². The Bertz CT molecular complexity index is 1010. The fourth-order valence-corrected chi connectivity index (χ4v) is 2.35. The molecule has 1 heterocycles. The molecule has 3 rings (SSSR count). The van der Waals surface area contributed by atoms with E-state index >= 15 is 0 Å². The molecule has 0 atom stereocenters. The Kier molecular flexibility index (Phi) is 5.48. The van der Waals surface area contributed by atoms with Crippen molar-refractivity contribution in [1.82, 2.24) is 9.97 Å². The molecule has 0 amide bonds. The van der Waals surface area contributed by atoms with Gasteiger partial charge in [-0.2, -0.15) is 18.2 Å². The molecule has 0 saturated heterocycles. The first-order chi connectivity index (χ1) is 13.8. The van der Waals surface area contributed by atoms with Crippen molar-refractivity contribution in [2.75, 3.05) is 17.7 Å². The van der Waals surface area contributed by atoms with Crippen molar-refractivity contribution in [3.63, 3.8) is 0 Å².